The van der Waals surface area contributed by atoms with Crippen LogP contribution in [0.3, 0.4) is 0 Å². The summed E-state index contributed by atoms with van der Waals surface area (Å²) in [5.74, 6) is 0. The molecule has 76 valence electrons. The van der Waals surface area contributed by atoms with Gasteiger partial charge in [-0.3, -0.25) is 0 Å². The Morgan fingerprint density at radius 1 is 1.23 bits per heavy atom. The zero-order valence-corrected chi connectivity index (χ0v) is 11.5. The van der Waals surface area contributed by atoms with Gasteiger partial charge in [-0.1, -0.05) is 45.6 Å². The molecule has 13 heavy (non-hydrogen) atoms. The molecule has 2 unspecified atom stereocenters. The van der Waals surface area contributed by atoms with Crippen molar-refractivity contribution >= 4 is 10.2 Å². The summed E-state index contributed by atoms with van der Waals surface area (Å²) in [6, 6.07) is 0. The Morgan fingerprint density at radius 3 is 2.23 bits per heavy atom. The standard InChI is InChI=1S/C12H24Si/c1-4-11(5-2)9-7-8-10-12(11,13)6-3/h4H,1,5-10H2,2-3,13H3. The van der Waals surface area contributed by atoms with E-state index in [4.69, 9.17) is 0 Å². The Morgan fingerprint density at radius 2 is 1.85 bits per heavy atom. The van der Waals surface area contributed by atoms with Crippen LogP contribution >= 0.6 is 0 Å². The lowest BCUT2D eigenvalue weighted by Crippen LogP contribution is -2.37. The van der Waals surface area contributed by atoms with E-state index in [9.17, 15) is 0 Å². The topological polar surface area (TPSA) is 0 Å². The minimum atomic E-state index is 0.492. The Hall–Kier alpha value is -0.0431. The molecule has 0 amide bonds. The molecule has 1 fully saturated rings. The number of hydrogen-bond donors (Lipinski definition) is 0. The maximum atomic E-state index is 4.09. The average molecular weight is 196 g/mol. The summed E-state index contributed by atoms with van der Waals surface area (Å²) in [5, 5.41) is 0.655. The van der Waals surface area contributed by atoms with Crippen LogP contribution in [0.15, 0.2) is 12.7 Å². The molecule has 0 spiro atoms. The summed E-state index contributed by atoms with van der Waals surface area (Å²) >= 11 is 0. The Bertz CT molecular complexity index is 188. The van der Waals surface area contributed by atoms with Gasteiger partial charge in [0.05, 0.1) is 0 Å². The first-order chi connectivity index (χ1) is 6.14. The van der Waals surface area contributed by atoms with Crippen LogP contribution < -0.4 is 0 Å². The molecule has 0 heterocycles. The van der Waals surface area contributed by atoms with Gasteiger partial charge in [-0.15, -0.1) is 6.58 Å². The average Bonchev–Trinajstić information content (AvgIpc) is 2.19. The van der Waals surface area contributed by atoms with Crippen LogP contribution in [0.5, 0.6) is 0 Å². The maximum absolute atomic E-state index is 4.09. The van der Waals surface area contributed by atoms with E-state index in [1.54, 1.807) is 0 Å². The normalized spacial score (nSPS) is 40.5. The van der Waals surface area contributed by atoms with Crippen molar-refractivity contribution in [1.82, 2.24) is 0 Å². The molecular formula is C12H24Si. The number of allylic oxidation sites excluding steroid dienone is 1. The quantitative estimate of drug-likeness (QED) is 0.481. The highest BCUT2D eigenvalue weighted by Gasteiger charge is 2.44. The SMILES string of the molecule is C=CC1(CC)CCCCC1([SiH3])CC. The summed E-state index contributed by atoms with van der Waals surface area (Å²) in [7, 11) is 1.34. The van der Waals surface area contributed by atoms with Crippen LogP contribution in [0.25, 0.3) is 0 Å². The molecule has 2 atom stereocenters. The highest BCUT2D eigenvalue weighted by molar-refractivity contribution is 6.16. The lowest BCUT2D eigenvalue weighted by atomic mass is 9.63. The molecule has 0 aromatic heterocycles. The van der Waals surface area contributed by atoms with Crippen LogP contribution in [0.2, 0.25) is 5.04 Å². The molecule has 1 aliphatic carbocycles. The molecule has 1 heteroatoms. The predicted molar refractivity (Wildman–Crippen MR) is 64.3 cm³/mol. The van der Waals surface area contributed by atoms with E-state index in [1.165, 1.54) is 48.8 Å². The van der Waals surface area contributed by atoms with Gasteiger partial charge in [0.1, 0.15) is 0 Å². The molecule has 0 aromatic carbocycles. The molecule has 1 rings (SSSR count). The van der Waals surface area contributed by atoms with Crippen molar-refractivity contribution < 1.29 is 0 Å². The van der Waals surface area contributed by atoms with Crippen LogP contribution in [-0.2, 0) is 0 Å². The van der Waals surface area contributed by atoms with E-state index in [1.807, 2.05) is 0 Å². The van der Waals surface area contributed by atoms with Gasteiger partial charge in [0.2, 0.25) is 0 Å². The van der Waals surface area contributed by atoms with Crippen molar-refractivity contribution in [3.05, 3.63) is 12.7 Å². The largest absolute Gasteiger partial charge is 0.103 e. The number of hydrogen-bond acceptors (Lipinski definition) is 0. The van der Waals surface area contributed by atoms with E-state index < -0.39 is 0 Å². The Balaban J connectivity index is 2.94. The first kappa shape index (κ1) is 11.0. The summed E-state index contributed by atoms with van der Waals surface area (Å²) < 4.78 is 0. The molecule has 0 aliphatic heterocycles. The fraction of sp³-hybridized carbons (Fsp3) is 0.833. The minimum absolute atomic E-state index is 0.492. The van der Waals surface area contributed by atoms with Crippen molar-refractivity contribution in [2.24, 2.45) is 5.41 Å². The van der Waals surface area contributed by atoms with Gasteiger partial charge in [-0.2, -0.15) is 0 Å². The second-order valence-corrected chi connectivity index (χ2v) is 6.75. The van der Waals surface area contributed by atoms with Gasteiger partial charge in [-0.25, -0.2) is 0 Å². The first-order valence-corrected chi connectivity index (χ1v) is 6.78. The van der Waals surface area contributed by atoms with Gasteiger partial charge in [0.15, 0.2) is 0 Å². The van der Waals surface area contributed by atoms with Gasteiger partial charge in [0.25, 0.3) is 0 Å². The van der Waals surface area contributed by atoms with Crippen LogP contribution in [-0.4, -0.2) is 10.2 Å². The third-order valence-corrected chi connectivity index (χ3v) is 6.81. The monoisotopic (exact) mass is 196 g/mol. The lowest BCUT2D eigenvalue weighted by molar-refractivity contribution is 0.157. The van der Waals surface area contributed by atoms with Crippen LogP contribution in [0, 0.1) is 5.41 Å². The Kier molecular flexibility index (Phi) is 3.39. The molecule has 0 radical (unpaired) electrons. The van der Waals surface area contributed by atoms with E-state index in [0.29, 0.717) is 10.5 Å². The van der Waals surface area contributed by atoms with Crippen molar-refractivity contribution in [3.8, 4) is 0 Å². The van der Waals surface area contributed by atoms with Gasteiger partial charge >= 0.3 is 0 Å². The van der Waals surface area contributed by atoms with E-state index in [-0.39, 0.29) is 0 Å². The third-order valence-electron chi connectivity index (χ3n) is 4.61. The molecule has 1 saturated carbocycles. The van der Waals surface area contributed by atoms with Gasteiger partial charge in [-0.05, 0) is 23.3 Å². The molecule has 0 nitrogen and oxygen atoms in total. The molecular weight excluding hydrogens is 172 g/mol. The smallest absolute Gasteiger partial charge is 0.0117 e. The second-order valence-electron chi connectivity index (χ2n) is 4.84. The predicted octanol–water partition coefficient (Wildman–Crippen LogP) is 3.08. The minimum Gasteiger partial charge on any atom is -0.103 e. The van der Waals surface area contributed by atoms with Crippen molar-refractivity contribution in [1.29, 1.82) is 0 Å². The lowest BCUT2D eigenvalue weighted by Gasteiger charge is -2.50. The molecule has 0 bridgehead atoms. The molecule has 0 N–H and O–H groups in total. The van der Waals surface area contributed by atoms with Crippen molar-refractivity contribution in [3.63, 3.8) is 0 Å². The molecule has 1 aliphatic rings. The summed E-state index contributed by atoms with van der Waals surface area (Å²) in [4.78, 5) is 0. The fourth-order valence-electron chi connectivity index (χ4n) is 3.13. The second kappa shape index (κ2) is 3.99. The van der Waals surface area contributed by atoms with Gasteiger partial charge < -0.3 is 0 Å². The highest BCUT2D eigenvalue weighted by atomic mass is 28.1. The first-order valence-electron chi connectivity index (χ1n) is 5.78. The van der Waals surface area contributed by atoms with Gasteiger partial charge in [0, 0.05) is 10.2 Å². The zero-order chi connectivity index (χ0) is 9.95. The van der Waals surface area contributed by atoms with Crippen LogP contribution in [0.1, 0.15) is 52.4 Å². The number of rotatable bonds is 3. The van der Waals surface area contributed by atoms with Crippen LogP contribution in [0.4, 0.5) is 0 Å². The summed E-state index contributed by atoms with van der Waals surface area (Å²) in [5.41, 5.74) is 0.492. The zero-order valence-electron chi connectivity index (χ0n) is 9.53. The van der Waals surface area contributed by atoms with E-state index >= 15 is 0 Å². The van der Waals surface area contributed by atoms with Crippen molar-refractivity contribution in [2.45, 2.75) is 57.4 Å². The van der Waals surface area contributed by atoms with E-state index in [2.05, 4.69) is 26.5 Å². The third kappa shape index (κ3) is 1.63. The highest BCUT2D eigenvalue weighted by Crippen LogP contribution is 2.58. The van der Waals surface area contributed by atoms with Crippen molar-refractivity contribution in [2.75, 3.05) is 0 Å². The fourth-order valence-corrected chi connectivity index (χ4v) is 4.29. The maximum Gasteiger partial charge on any atom is 0.0117 e. The molecule has 0 saturated heterocycles. The van der Waals surface area contributed by atoms with E-state index in [0.717, 1.165) is 0 Å². The Labute approximate surface area is 86.2 Å². The summed E-state index contributed by atoms with van der Waals surface area (Å²) in [6.07, 6.45) is 10.7. The summed E-state index contributed by atoms with van der Waals surface area (Å²) in [6.45, 7) is 8.80. The molecule has 0 aromatic rings.